The van der Waals surface area contributed by atoms with E-state index in [1.165, 1.54) is 10.5 Å². The maximum atomic E-state index is 10.4. The van der Waals surface area contributed by atoms with E-state index in [9.17, 15) is 20.4 Å². The first-order chi connectivity index (χ1) is 14.0. The maximum Gasteiger partial charge on any atom is 0.118 e. The molecule has 0 radical (unpaired) electrons. The second-order valence-electron chi connectivity index (χ2n) is 7.60. The summed E-state index contributed by atoms with van der Waals surface area (Å²) in [7, 11) is 1.66. The van der Waals surface area contributed by atoms with Crippen molar-refractivity contribution in [2.45, 2.75) is 47.8 Å². The predicted molar refractivity (Wildman–Crippen MR) is 109 cm³/mol. The second-order valence-corrected chi connectivity index (χ2v) is 8.66. The number of rotatable bonds is 4. The highest BCUT2D eigenvalue weighted by Gasteiger charge is 2.44. The monoisotopic (exact) mass is 418 g/mol. The highest BCUT2D eigenvalue weighted by Crippen LogP contribution is 2.40. The molecule has 2 aromatic rings. The molecule has 4 rings (SSSR count). The zero-order valence-electron chi connectivity index (χ0n) is 16.1. The Morgan fingerprint density at radius 1 is 1.00 bits per heavy atom. The standard InChI is InChI=1S/C22H26O6S/c1-27-16-5-2-12(3-6-16)15-9-14-8-13(4-7-18(14)29-11-15)22-21(26)20(25)19(24)17(10-23)28-22/h2-8,15,17,19-26H,9-11H2,1H3/t15-,17?,19?,20?,21?,22?/m1/s1. The van der Waals surface area contributed by atoms with Gasteiger partial charge in [-0.05, 0) is 47.2 Å². The molecule has 0 bridgehead atoms. The summed E-state index contributed by atoms with van der Waals surface area (Å²) in [5.41, 5.74) is 3.15. The van der Waals surface area contributed by atoms with Crippen LogP contribution in [0.25, 0.3) is 0 Å². The number of hydrogen-bond acceptors (Lipinski definition) is 7. The Labute approximate surface area is 174 Å². The van der Waals surface area contributed by atoms with Gasteiger partial charge in [-0.15, -0.1) is 11.8 Å². The molecule has 6 nitrogen and oxygen atoms in total. The first-order valence-electron chi connectivity index (χ1n) is 9.72. The number of aliphatic hydroxyl groups is 4. The number of aliphatic hydroxyl groups excluding tert-OH is 4. The van der Waals surface area contributed by atoms with Crippen molar-refractivity contribution in [1.82, 2.24) is 0 Å². The van der Waals surface area contributed by atoms with E-state index in [1.807, 2.05) is 30.3 Å². The van der Waals surface area contributed by atoms with Crippen LogP contribution in [0.1, 0.15) is 28.7 Å². The van der Waals surface area contributed by atoms with Crippen LogP contribution in [-0.2, 0) is 11.2 Å². The molecule has 0 saturated carbocycles. The van der Waals surface area contributed by atoms with Gasteiger partial charge in [-0.1, -0.05) is 24.3 Å². The Hall–Kier alpha value is -1.61. The molecule has 4 N–H and O–H groups in total. The lowest BCUT2D eigenvalue weighted by atomic mass is 9.88. The summed E-state index contributed by atoms with van der Waals surface area (Å²) in [6.07, 6.45) is -4.83. The van der Waals surface area contributed by atoms with Crippen molar-refractivity contribution >= 4 is 11.8 Å². The molecule has 156 valence electrons. The average Bonchev–Trinajstić information content (AvgIpc) is 2.77. The molecule has 0 amide bonds. The Morgan fingerprint density at radius 2 is 1.72 bits per heavy atom. The Kier molecular flexibility index (Phi) is 6.15. The van der Waals surface area contributed by atoms with Crippen LogP contribution in [0.5, 0.6) is 5.75 Å². The minimum absolute atomic E-state index is 0.364. The van der Waals surface area contributed by atoms with E-state index in [-0.39, 0.29) is 0 Å². The summed E-state index contributed by atoms with van der Waals surface area (Å²) in [5, 5.41) is 40.0. The molecular weight excluding hydrogens is 392 g/mol. The molecule has 2 aromatic carbocycles. The van der Waals surface area contributed by atoms with Crippen molar-refractivity contribution in [1.29, 1.82) is 0 Å². The SMILES string of the molecule is COc1ccc([C@H]2CSc3ccc(C4OC(CO)C(O)C(O)C4O)cc3C2)cc1. The molecule has 0 spiro atoms. The molecular formula is C22H26O6S. The van der Waals surface area contributed by atoms with Crippen LogP contribution in [0.3, 0.4) is 0 Å². The highest BCUT2D eigenvalue weighted by atomic mass is 32.2. The van der Waals surface area contributed by atoms with Crippen LogP contribution in [0.2, 0.25) is 0 Å². The summed E-state index contributed by atoms with van der Waals surface area (Å²) < 4.78 is 11.0. The van der Waals surface area contributed by atoms with Gasteiger partial charge in [-0.3, -0.25) is 0 Å². The summed E-state index contributed by atoms with van der Waals surface area (Å²) in [6, 6.07) is 14.0. The van der Waals surface area contributed by atoms with E-state index in [1.54, 1.807) is 18.9 Å². The van der Waals surface area contributed by atoms with Crippen molar-refractivity contribution in [2.75, 3.05) is 19.5 Å². The maximum absolute atomic E-state index is 10.4. The fourth-order valence-electron chi connectivity index (χ4n) is 4.06. The van der Waals surface area contributed by atoms with Gasteiger partial charge in [0.05, 0.1) is 13.7 Å². The quantitative estimate of drug-likeness (QED) is 0.599. The van der Waals surface area contributed by atoms with Crippen molar-refractivity contribution in [3.05, 3.63) is 59.2 Å². The second kappa shape index (κ2) is 8.63. The molecule has 6 atom stereocenters. The van der Waals surface area contributed by atoms with E-state index < -0.39 is 37.1 Å². The van der Waals surface area contributed by atoms with E-state index in [0.717, 1.165) is 29.1 Å². The van der Waals surface area contributed by atoms with E-state index in [0.29, 0.717) is 5.92 Å². The minimum Gasteiger partial charge on any atom is -0.497 e. The number of fused-ring (bicyclic) bond motifs is 1. The molecule has 0 aromatic heterocycles. The lowest BCUT2D eigenvalue weighted by Crippen LogP contribution is -2.55. The van der Waals surface area contributed by atoms with Crippen LogP contribution in [-0.4, -0.2) is 64.3 Å². The van der Waals surface area contributed by atoms with Gasteiger partial charge in [0.25, 0.3) is 0 Å². The normalized spacial score (nSPS) is 31.9. The van der Waals surface area contributed by atoms with Gasteiger partial charge in [0.2, 0.25) is 0 Å². The van der Waals surface area contributed by atoms with Crippen molar-refractivity contribution in [3.8, 4) is 5.75 Å². The topological polar surface area (TPSA) is 99.4 Å². The molecule has 2 aliphatic heterocycles. The Bertz CT molecular complexity index is 840. The van der Waals surface area contributed by atoms with Gasteiger partial charge < -0.3 is 29.9 Å². The summed E-state index contributed by atoms with van der Waals surface area (Å²) in [5.74, 6) is 2.18. The van der Waals surface area contributed by atoms with E-state index in [4.69, 9.17) is 9.47 Å². The predicted octanol–water partition coefficient (Wildman–Crippen LogP) is 1.64. The van der Waals surface area contributed by atoms with Gasteiger partial charge in [-0.2, -0.15) is 0 Å². The van der Waals surface area contributed by atoms with E-state index >= 15 is 0 Å². The lowest BCUT2D eigenvalue weighted by Gasteiger charge is -2.40. The van der Waals surface area contributed by atoms with Crippen LogP contribution >= 0.6 is 11.8 Å². The first-order valence-corrected chi connectivity index (χ1v) is 10.7. The molecule has 7 heteroatoms. The lowest BCUT2D eigenvalue weighted by molar-refractivity contribution is -0.231. The largest absolute Gasteiger partial charge is 0.497 e. The minimum atomic E-state index is -1.37. The molecule has 5 unspecified atom stereocenters. The van der Waals surface area contributed by atoms with Crippen molar-refractivity contribution in [3.63, 3.8) is 0 Å². The van der Waals surface area contributed by atoms with Crippen molar-refractivity contribution < 1.29 is 29.9 Å². The number of benzene rings is 2. The molecule has 0 aliphatic carbocycles. The van der Waals surface area contributed by atoms with Gasteiger partial charge in [0.1, 0.15) is 36.3 Å². The average molecular weight is 419 g/mol. The third-order valence-electron chi connectivity index (χ3n) is 5.80. The number of thioether (sulfide) groups is 1. The van der Waals surface area contributed by atoms with Gasteiger partial charge in [0, 0.05) is 10.6 Å². The van der Waals surface area contributed by atoms with Crippen LogP contribution in [0.4, 0.5) is 0 Å². The molecule has 1 fully saturated rings. The van der Waals surface area contributed by atoms with E-state index in [2.05, 4.69) is 12.1 Å². The Morgan fingerprint density at radius 3 is 2.41 bits per heavy atom. The van der Waals surface area contributed by atoms with Gasteiger partial charge in [0.15, 0.2) is 0 Å². The van der Waals surface area contributed by atoms with Crippen LogP contribution in [0.15, 0.2) is 47.4 Å². The van der Waals surface area contributed by atoms with Crippen LogP contribution < -0.4 is 4.74 Å². The fourth-order valence-corrected chi connectivity index (χ4v) is 5.24. The van der Waals surface area contributed by atoms with Crippen LogP contribution in [0, 0.1) is 0 Å². The molecule has 2 aliphatic rings. The summed E-state index contributed by atoms with van der Waals surface area (Å²) in [6.45, 7) is -0.429. The van der Waals surface area contributed by atoms with Gasteiger partial charge in [-0.25, -0.2) is 0 Å². The summed E-state index contributed by atoms with van der Waals surface area (Å²) >= 11 is 1.80. The smallest absolute Gasteiger partial charge is 0.118 e. The number of methoxy groups -OCH3 is 1. The zero-order valence-corrected chi connectivity index (χ0v) is 17.0. The molecule has 2 heterocycles. The fraction of sp³-hybridized carbons (Fsp3) is 0.455. The number of hydrogen-bond donors (Lipinski definition) is 4. The van der Waals surface area contributed by atoms with Gasteiger partial charge >= 0.3 is 0 Å². The Balaban J connectivity index is 1.57. The highest BCUT2D eigenvalue weighted by molar-refractivity contribution is 7.99. The third-order valence-corrected chi connectivity index (χ3v) is 7.08. The molecule has 1 saturated heterocycles. The first kappa shape index (κ1) is 20.7. The number of ether oxygens (including phenoxy) is 2. The summed E-state index contributed by atoms with van der Waals surface area (Å²) in [4.78, 5) is 1.20. The van der Waals surface area contributed by atoms with Crippen molar-refractivity contribution in [2.24, 2.45) is 0 Å². The zero-order chi connectivity index (χ0) is 20.5. The third kappa shape index (κ3) is 4.03. The molecule has 29 heavy (non-hydrogen) atoms.